The quantitative estimate of drug-likeness (QED) is 0.564. The number of rotatable bonds is 8. The van der Waals surface area contributed by atoms with E-state index in [9.17, 15) is 15.0 Å². The molecule has 156 valence electrons. The molecular weight excluding hydrogens is 362 g/mol. The van der Waals surface area contributed by atoms with Crippen LogP contribution in [0.3, 0.4) is 0 Å². The number of nitrogens with one attached hydrogen (secondary N) is 1. The summed E-state index contributed by atoms with van der Waals surface area (Å²) in [5.74, 6) is 1.45. The molecule has 3 rings (SSSR count). The van der Waals surface area contributed by atoms with E-state index >= 15 is 0 Å². The van der Waals surface area contributed by atoms with Crippen molar-refractivity contribution < 1.29 is 24.5 Å². The molecule has 1 aromatic carbocycles. The number of likely N-dealkylation sites (tertiary alicyclic amines) is 1. The van der Waals surface area contributed by atoms with Gasteiger partial charge in [0.05, 0.1) is 19.8 Å². The Hall–Kier alpha value is -1.87. The third-order valence-corrected chi connectivity index (χ3v) is 5.24. The predicted molar refractivity (Wildman–Crippen MR) is 104 cm³/mol. The highest BCUT2D eigenvalue weighted by Crippen LogP contribution is 2.26. The van der Waals surface area contributed by atoms with Crippen molar-refractivity contribution in [3.8, 4) is 11.5 Å². The Morgan fingerprint density at radius 2 is 2.04 bits per heavy atom. The highest BCUT2D eigenvalue weighted by molar-refractivity contribution is 5.78. The first kappa shape index (κ1) is 20.9. The van der Waals surface area contributed by atoms with Crippen molar-refractivity contribution in [3.63, 3.8) is 0 Å². The Morgan fingerprint density at radius 1 is 1.25 bits per heavy atom. The molecule has 3 N–H and O–H groups in total. The number of nitrogens with zero attached hydrogens (tertiary/aromatic N) is 2. The molecule has 1 atom stereocenters. The summed E-state index contributed by atoms with van der Waals surface area (Å²) in [7, 11) is 1.62. The Labute approximate surface area is 166 Å². The number of benzene rings is 1. The van der Waals surface area contributed by atoms with Crippen molar-refractivity contribution in [1.82, 2.24) is 15.1 Å². The summed E-state index contributed by atoms with van der Waals surface area (Å²) in [6.45, 7) is 4.68. The summed E-state index contributed by atoms with van der Waals surface area (Å²) in [6, 6.07) is 5.60. The number of hydrogen-bond acceptors (Lipinski definition) is 7. The first-order chi connectivity index (χ1) is 13.5. The van der Waals surface area contributed by atoms with Gasteiger partial charge >= 0.3 is 0 Å². The van der Waals surface area contributed by atoms with Crippen LogP contribution in [-0.4, -0.2) is 91.1 Å². The molecule has 0 unspecified atom stereocenters. The van der Waals surface area contributed by atoms with E-state index in [4.69, 9.17) is 9.47 Å². The number of piperazine rings is 1. The smallest absolute Gasteiger partial charge is 0.234 e. The molecule has 2 aliphatic heterocycles. The zero-order chi connectivity index (χ0) is 19.9. The van der Waals surface area contributed by atoms with Crippen LogP contribution < -0.4 is 14.8 Å². The lowest BCUT2D eigenvalue weighted by Crippen LogP contribution is -2.47. The molecule has 0 saturated carbocycles. The molecule has 0 spiro atoms. The van der Waals surface area contributed by atoms with Crippen molar-refractivity contribution in [2.45, 2.75) is 31.6 Å². The van der Waals surface area contributed by atoms with E-state index in [-0.39, 0.29) is 18.6 Å². The Bertz CT molecular complexity index is 649. The van der Waals surface area contributed by atoms with Gasteiger partial charge in [-0.05, 0) is 31.0 Å². The van der Waals surface area contributed by atoms with Crippen LogP contribution >= 0.6 is 0 Å². The first-order valence-electron chi connectivity index (χ1n) is 9.90. The lowest BCUT2D eigenvalue weighted by Gasteiger charge is -2.31. The van der Waals surface area contributed by atoms with E-state index < -0.39 is 6.10 Å². The second-order valence-corrected chi connectivity index (χ2v) is 7.53. The number of aliphatic hydroxyl groups is 2. The van der Waals surface area contributed by atoms with Gasteiger partial charge in [-0.3, -0.25) is 9.69 Å². The molecule has 1 amide bonds. The van der Waals surface area contributed by atoms with Gasteiger partial charge in [-0.2, -0.15) is 0 Å². The maximum atomic E-state index is 11.6. The molecule has 28 heavy (non-hydrogen) atoms. The fourth-order valence-electron chi connectivity index (χ4n) is 3.65. The minimum Gasteiger partial charge on any atom is -0.497 e. The van der Waals surface area contributed by atoms with E-state index in [1.807, 2.05) is 18.2 Å². The summed E-state index contributed by atoms with van der Waals surface area (Å²) in [4.78, 5) is 15.9. The fraction of sp³-hybridized carbons (Fsp3) is 0.650. The number of amides is 1. The van der Waals surface area contributed by atoms with Crippen LogP contribution in [0.4, 0.5) is 0 Å². The van der Waals surface area contributed by atoms with Crippen molar-refractivity contribution in [2.24, 2.45) is 0 Å². The summed E-state index contributed by atoms with van der Waals surface area (Å²) >= 11 is 0. The predicted octanol–water partition coefficient (Wildman–Crippen LogP) is -0.177. The zero-order valence-corrected chi connectivity index (χ0v) is 16.5. The Kier molecular flexibility index (Phi) is 7.50. The standard InChI is InChI=1S/C20H31N3O5/c1-27-18-2-3-19(15(10-18)11-23-9-6-21-20(26)13-23)28-14-17(25)12-22-7-4-16(24)5-8-22/h2-3,10,16-17,24-25H,4-9,11-14H2,1H3,(H,21,26)/t17-/m1/s1. The number of ether oxygens (including phenoxy) is 2. The van der Waals surface area contributed by atoms with Gasteiger partial charge < -0.3 is 29.9 Å². The van der Waals surface area contributed by atoms with Crippen molar-refractivity contribution in [2.75, 3.05) is 53.0 Å². The number of methoxy groups -OCH3 is 1. The minimum atomic E-state index is -0.606. The number of carbonyl (C=O) groups is 1. The van der Waals surface area contributed by atoms with Crippen LogP contribution in [0.15, 0.2) is 18.2 Å². The van der Waals surface area contributed by atoms with Gasteiger partial charge in [-0.25, -0.2) is 0 Å². The van der Waals surface area contributed by atoms with Gasteiger partial charge in [0.2, 0.25) is 5.91 Å². The van der Waals surface area contributed by atoms with Gasteiger partial charge in [0.15, 0.2) is 0 Å². The van der Waals surface area contributed by atoms with Crippen LogP contribution in [0.25, 0.3) is 0 Å². The zero-order valence-electron chi connectivity index (χ0n) is 16.5. The fourth-order valence-corrected chi connectivity index (χ4v) is 3.65. The van der Waals surface area contributed by atoms with E-state index in [0.29, 0.717) is 31.9 Å². The first-order valence-corrected chi connectivity index (χ1v) is 9.90. The molecule has 1 aromatic rings. The Morgan fingerprint density at radius 3 is 2.75 bits per heavy atom. The van der Waals surface area contributed by atoms with Gasteiger partial charge in [-0.1, -0.05) is 0 Å². The number of β-amino-alcohol motifs (C(OH)–C–C–N with tert-alkyl or cyclic N) is 1. The second kappa shape index (κ2) is 10.1. The number of piperidine rings is 1. The molecule has 0 aliphatic carbocycles. The normalized spacial score (nSPS) is 20.6. The molecule has 2 heterocycles. The van der Waals surface area contributed by atoms with E-state index in [0.717, 1.165) is 43.8 Å². The third-order valence-electron chi connectivity index (χ3n) is 5.24. The van der Waals surface area contributed by atoms with E-state index in [1.54, 1.807) is 7.11 Å². The molecule has 0 bridgehead atoms. The third kappa shape index (κ3) is 6.07. The lowest BCUT2D eigenvalue weighted by atomic mass is 10.1. The molecule has 0 aromatic heterocycles. The summed E-state index contributed by atoms with van der Waals surface area (Å²) in [5.41, 5.74) is 0.933. The van der Waals surface area contributed by atoms with E-state index in [2.05, 4.69) is 15.1 Å². The van der Waals surface area contributed by atoms with Gasteiger partial charge in [0.1, 0.15) is 24.2 Å². The topological polar surface area (TPSA) is 94.5 Å². The van der Waals surface area contributed by atoms with Crippen LogP contribution in [0, 0.1) is 0 Å². The average molecular weight is 393 g/mol. The van der Waals surface area contributed by atoms with Crippen molar-refractivity contribution in [3.05, 3.63) is 23.8 Å². The second-order valence-electron chi connectivity index (χ2n) is 7.53. The van der Waals surface area contributed by atoms with Crippen LogP contribution in [0.1, 0.15) is 18.4 Å². The largest absolute Gasteiger partial charge is 0.497 e. The maximum Gasteiger partial charge on any atom is 0.234 e. The highest BCUT2D eigenvalue weighted by atomic mass is 16.5. The molecule has 8 nitrogen and oxygen atoms in total. The highest BCUT2D eigenvalue weighted by Gasteiger charge is 2.21. The summed E-state index contributed by atoms with van der Waals surface area (Å²) in [6.07, 6.45) is 0.675. The molecule has 2 aliphatic rings. The number of aliphatic hydroxyl groups excluding tert-OH is 2. The lowest BCUT2D eigenvalue weighted by molar-refractivity contribution is -0.124. The molecular formula is C20H31N3O5. The molecule has 2 saturated heterocycles. The van der Waals surface area contributed by atoms with Crippen LogP contribution in [0.5, 0.6) is 11.5 Å². The minimum absolute atomic E-state index is 0.0266. The monoisotopic (exact) mass is 393 g/mol. The van der Waals surface area contributed by atoms with Crippen molar-refractivity contribution in [1.29, 1.82) is 0 Å². The van der Waals surface area contributed by atoms with Crippen molar-refractivity contribution >= 4 is 5.91 Å². The van der Waals surface area contributed by atoms with Gasteiger partial charge in [-0.15, -0.1) is 0 Å². The van der Waals surface area contributed by atoms with Crippen LogP contribution in [0.2, 0.25) is 0 Å². The van der Waals surface area contributed by atoms with E-state index in [1.165, 1.54) is 0 Å². The Balaban J connectivity index is 1.56. The summed E-state index contributed by atoms with van der Waals surface area (Å²) < 4.78 is 11.2. The molecule has 8 heteroatoms. The average Bonchev–Trinajstić information content (AvgIpc) is 2.69. The van der Waals surface area contributed by atoms with Crippen LogP contribution in [-0.2, 0) is 11.3 Å². The van der Waals surface area contributed by atoms with Gasteiger partial charge in [0, 0.05) is 44.8 Å². The van der Waals surface area contributed by atoms with Gasteiger partial charge in [0.25, 0.3) is 0 Å². The number of carbonyl (C=O) groups excluding carboxylic acids is 1. The summed E-state index contributed by atoms with van der Waals surface area (Å²) in [5, 5.41) is 22.8. The molecule has 0 radical (unpaired) electrons. The SMILES string of the molecule is COc1ccc(OC[C@H](O)CN2CCC(O)CC2)c(CN2CCNC(=O)C2)c1. The maximum absolute atomic E-state index is 11.6. The molecule has 2 fully saturated rings. The number of hydrogen-bond donors (Lipinski definition) is 3.